The highest BCUT2D eigenvalue weighted by molar-refractivity contribution is 5.88. The van der Waals surface area contributed by atoms with Gasteiger partial charge in [-0.15, -0.1) is 0 Å². The van der Waals surface area contributed by atoms with Crippen LogP contribution in [0, 0.1) is 0 Å². The van der Waals surface area contributed by atoms with Crippen LogP contribution in [-0.2, 0) is 16.1 Å². The molecule has 6 nitrogen and oxygen atoms in total. The van der Waals surface area contributed by atoms with Crippen molar-refractivity contribution in [3.8, 4) is 0 Å². The Balaban J connectivity index is 1.75. The van der Waals surface area contributed by atoms with Crippen molar-refractivity contribution in [1.82, 2.24) is 20.2 Å². The fourth-order valence-electron chi connectivity index (χ4n) is 3.09. The molecule has 0 radical (unpaired) electrons. The number of hydrogen-bond acceptors (Lipinski definition) is 3. The third-order valence-corrected chi connectivity index (χ3v) is 4.15. The second-order valence-corrected chi connectivity index (χ2v) is 6.21. The van der Waals surface area contributed by atoms with Gasteiger partial charge in [0.2, 0.25) is 11.8 Å². The summed E-state index contributed by atoms with van der Waals surface area (Å²) in [7, 11) is 0. The minimum Gasteiger partial charge on any atom is -0.347 e. The number of carbonyl (C=O) groups is 2. The summed E-state index contributed by atoms with van der Waals surface area (Å²) in [6.45, 7) is 4.56. The molecule has 2 amide bonds. The molecular weight excluding hydrogens is 292 g/mol. The van der Waals surface area contributed by atoms with Crippen LogP contribution in [-0.4, -0.2) is 27.4 Å². The highest BCUT2D eigenvalue weighted by atomic mass is 16.2. The molecule has 0 aliphatic carbocycles. The van der Waals surface area contributed by atoms with Gasteiger partial charge in [0.15, 0.2) is 0 Å². The van der Waals surface area contributed by atoms with E-state index in [1.54, 1.807) is 0 Å². The molecule has 2 aromatic rings. The molecule has 2 heterocycles. The lowest BCUT2D eigenvalue weighted by molar-refractivity contribution is -0.131. The number of rotatable bonds is 4. The second-order valence-electron chi connectivity index (χ2n) is 6.21. The first-order valence-electron chi connectivity index (χ1n) is 8.09. The van der Waals surface area contributed by atoms with E-state index in [0.29, 0.717) is 19.4 Å². The molecule has 0 unspecified atom stereocenters. The van der Waals surface area contributed by atoms with Crippen LogP contribution in [0.3, 0.4) is 0 Å². The lowest BCUT2D eigenvalue weighted by Crippen LogP contribution is -2.49. The molecule has 1 aromatic carbocycles. The summed E-state index contributed by atoms with van der Waals surface area (Å²) < 4.78 is 2.13. The third-order valence-electron chi connectivity index (χ3n) is 4.15. The number of piperidine rings is 1. The second kappa shape index (κ2) is 6.40. The zero-order chi connectivity index (χ0) is 16.4. The molecule has 6 heteroatoms. The molecule has 122 valence electrons. The molecule has 3 rings (SSSR count). The first-order valence-corrected chi connectivity index (χ1v) is 8.09. The maximum absolute atomic E-state index is 12.3. The van der Waals surface area contributed by atoms with Crippen LogP contribution in [0.5, 0.6) is 0 Å². The molecule has 1 fully saturated rings. The van der Waals surface area contributed by atoms with Crippen molar-refractivity contribution < 1.29 is 9.59 Å². The summed E-state index contributed by atoms with van der Waals surface area (Å²) in [6, 6.07) is 7.79. The van der Waals surface area contributed by atoms with E-state index in [2.05, 4.69) is 34.0 Å². The summed E-state index contributed by atoms with van der Waals surface area (Å²) in [5, 5.41) is 5.65. The number of para-hydroxylation sites is 2. The summed E-state index contributed by atoms with van der Waals surface area (Å²) >= 11 is 0. The minimum atomic E-state index is -0.423. The molecule has 1 saturated heterocycles. The van der Waals surface area contributed by atoms with E-state index in [4.69, 9.17) is 0 Å². The van der Waals surface area contributed by atoms with Gasteiger partial charge in [0.1, 0.15) is 11.9 Å². The van der Waals surface area contributed by atoms with Crippen molar-refractivity contribution in [3.63, 3.8) is 0 Å². The molecule has 0 spiro atoms. The summed E-state index contributed by atoms with van der Waals surface area (Å²) in [4.78, 5) is 28.3. The zero-order valence-electron chi connectivity index (χ0n) is 13.5. The van der Waals surface area contributed by atoms with Gasteiger partial charge < -0.3 is 15.2 Å². The van der Waals surface area contributed by atoms with Crippen LogP contribution in [0.4, 0.5) is 0 Å². The van der Waals surface area contributed by atoms with Crippen LogP contribution >= 0.6 is 0 Å². The third kappa shape index (κ3) is 3.21. The number of nitrogens with one attached hydrogen (secondary N) is 2. The van der Waals surface area contributed by atoms with E-state index in [1.165, 1.54) is 0 Å². The highest BCUT2D eigenvalue weighted by Gasteiger charge is 2.24. The fourth-order valence-corrected chi connectivity index (χ4v) is 3.09. The Morgan fingerprint density at radius 3 is 2.96 bits per heavy atom. The first-order chi connectivity index (χ1) is 11.1. The number of aromatic nitrogens is 2. The molecule has 2 N–H and O–H groups in total. The predicted octanol–water partition coefficient (Wildman–Crippen LogP) is 1.90. The normalized spacial score (nSPS) is 18.2. The molecule has 1 atom stereocenters. The quantitative estimate of drug-likeness (QED) is 0.905. The molecule has 1 aromatic heterocycles. The van der Waals surface area contributed by atoms with E-state index in [1.807, 2.05) is 24.3 Å². The lowest BCUT2D eigenvalue weighted by atomic mass is 10.0. The predicted molar refractivity (Wildman–Crippen MR) is 87.7 cm³/mol. The number of nitrogens with zero attached hydrogens (tertiary/aromatic N) is 2. The molecule has 23 heavy (non-hydrogen) atoms. The standard InChI is InChI=1S/C17H22N4O2/c1-11(2)21-14-8-4-3-6-12(14)19-15(21)10-18-17(23)13-7-5-9-16(22)20-13/h3-4,6,8,11,13H,5,7,9-10H2,1-2H3,(H,18,23)(H,20,22)/t13-/m1/s1. The van der Waals surface area contributed by atoms with E-state index in [9.17, 15) is 9.59 Å². The van der Waals surface area contributed by atoms with Gasteiger partial charge in [0.05, 0.1) is 17.6 Å². The molecule has 0 bridgehead atoms. The summed E-state index contributed by atoms with van der Waals surface area (Å²) in [5.74, 6) is 0.642. The first kappa shape index (κ1) is 15.5. The van der Waals surface area contributed by atoms with Gasteiger partial charge in [-0.2, -0.15) is 0 Å². The Morgan fingerprint density at radius 2 is 2.22 bits per heavy atom. The Labute approximate surface area is 135 Å². The van der Waals surface area contributed by atoms with Crippen molar-refractivity contribution in [1.29, 1.82) is 0 Å². The Hall–Kier alpha value is -2.37. The molecular formula is C17H22N4O2. The van der Waals surface area contributed by atoms with Crippen LogP contribution in [0.2, 0.25) is 0 Å². The molecule has 0 saturated carbocycles. The number of fused-ring (bicyclic) bond motifs is 1. The van der Waals surface area contributed by atoms with Crippen molar-refractivity contribution in [2.75, 3.05) is 0 Å². The van der Waals surface area contributed by atoms with Crippen LogP contribution < -0.4 is 10.6 Å². The van der Waals surface area contributed by atoms with Crippen LogP contribution in [0.25, 0.3) is 11.0 Å². The van der Waals surface area contributed by atoms with Crippen molar-refractivity contribution in [2.24, 2.45) is 0 Å². The van der Waals surface area contributed by atoms with E-state index >= 15 is 0 Å². The van der Waals surface area contributed by atoms with Gasteiger partial charge in [0.25, 0.3) is 0 Å². The van der Waals surface area contributed by atoms with Crippen molar-refractivity contribution >= 4 is 22.8 Å². The van der Waals surface area contributed by atoms with Gasteiger partial charge in [0, 0.05) is 12.5 Å². The minimum absolute atomic E-state index is 0.0502. The largest absolute Gasteiger partial charge is 0.347 e. The van der Waals surface area contributed by atoms with E-state index < -0.39 is 6.04 Å². The SMILES string of the molecule is CC(C)n1c(CNC(=O)[C@H]2CCCC(=O)N2)nc2ccccc21. The lowest BCUT2D eigenvalue weighted by Gasteiger charge is -2.22. The number of amides is 2. The maximum atomic E-state index is 12.3. The Morgan fingerprint density at radius 1 is 1.43 bits per heavy atom. The zero-order valence-corrected chi connectivity index (χ0v) is 13.5. The number of imidazole rings is 1. The average molecular weight is 314 g/mol. The van der Waals surface area contributed by atoms with Crippen molar-refractivity contribution in [3.05, 3.63) is 30.1 Å². The van der Waals surface area contributed by atoms with Gasteiger partial charge in [-0.05, 0) is 38.8 Å². The molecule has 1 aliphatic heterocycles. The van der Waals surface area contributed by atoms with E-state index in [-0.39, 0.29) is 17.9 Å². The fraction of sp³-hybridized carbons (Fsp3) is 0.471. The van der Waals surface area contributed by atoms with Gasteiger partial charge >= 0.3 is 0 Å². The van der Waals surface area contributed by atoms with Crippen LogP contribution in [0.15, 0.2) is 24.3 Å². The Bertz CT molecular complexity index is 735. The van der Waals surface area contributed by atoms with Crippen LogP contribution in [0.1, 0.15) is 45.0 Å². The van der Waals surface area contributed by atoms with Gasteiger partial charge in [-0.1, -0.05) is 12.1 Å². The monoisotopic (exact) mass is 314 g/mol. The van der Waals surface area contributed by atoms with Gasteiger partial charge in [-0.3, -0.25) is 9.59 Å². The topological polar surface area (TPSA) is 76.0 Å². The van der Waals surface area contributed by atoms with Gasteiger partial charge in [-0.25, -0.2) is 4.98 Å². The number of carbonyl (C=O) groups excluding carboxylic acids is 2. The summed E-state index contributed by atoms with van der Waals surface area (Å²) in [5.41, 5.74) is 1.99. The number of benzene rings is 1. The highest BCUT2D eigenvalue weighted by Crippen LogP contribution is 2.20. The molecule has 1 aliphatic rings. The number of hydrogen-bond donors (Lipinski definition) is 2. The van der Waals surface area contributed by atoms with E-state index in [0.717, 1.165) is 23.3 Å². The maximum Gasteiger partial charge on any atom is 0.242 e. The Kier molecular flexibility index (Phi) is 4.32. The van der Waals surface area contributed by atoms with Crippen molar-refractivity contribution in [2.45, 2.75) is 51.7 Å². The summed E-state index contributed by atoms with van der Waals surface area (Å²) in [6.07, 6.45) is 1.96. The average Bonchev–Trinajstić information content (AvgIpc) is 2.91. The smallest absolute Gasteiger partial charge is 0.242 e.